The molecule has 2 nitrogen and oxygen atoms in total. The first-order chi connectivity index (χ1) is 4.95. The van der Waals surface area contributed by atoms with Gasteiger partial charge in [0.05, 0.1) is 21.4 Å². The summed E-state index contributed by atoms with van der Waals surface area (Å²) < 4.78 is -0.376. The number of thiol groups is 2. The Labute approximate surface area is 82.6 Å². The van der Waals surface area contributed by atoms with Crippen LogP contribution in [0, 0.1) is 0 Å². The molecule has 0 aromatic heterocycles. The molecule has 0 saturated carbocycles. The zero-order chi connectivity index (χ0) is 9.02. The largest absolute Gasteiger partial charge is 0.391 e. The molecule has 68 valence electrons. The summed E-state index contributed by atoms with van der Waals surface area (Å²) in [7, 11) is 0. The second-order valence-electron chi connectivity index (χ2n) is 2.40. The van der Waals surface area contributed by atoms with Crippen LogP contribution in [0.15, 0.2) is 0 Å². The van der Waals surface area contributed by atoms with Gasteiger partial charge in [0.2, 0.25) is 0 Å². The van der Waals surface area contributed by atoms with Crippen LogP contribution in [0.5, 0.6) is 0 Å². The van der Waals surface area contributed by atoms with Crippen LogP contribution in [0.4, 0.5) is 0 Å². The number of rotatable bonds is 4. The van der Waals surface area contributed by atoms with Gasteiger partial charge in [-0.2, -0.15) is 25.3 Å². The molecule has 0 spiro atoms. The zero-order valence-electron chi connectivity index (χ0n) is 6.51. The SMILES string of the molecule is CC(O)C(S)SC(S)C(C)O. The summed E-state index contributed by atoms with van der Waals surface area (Å²) in [6, 6.07) is 0. The van der Waals surface area contributed by atoms with Gasteiger partial charge in [0, 0.05) is 0 Å². The van der Waals surface area contributed by atoms with Gasteiger partial charge in [-0.3, -0.25) is 0 Å². The van der Waals surface area contributed by atoms with E-state index in [1.807, 2.05) is 0 Å². The minimum atomic E-state index is -0.489. The molecule has 4 atom stereocenters. The second kappa shape index (κ2) is 5.59. The summed E-state index contributed by atoms with van der Waals surface area (Å²) in [5.74, 6) is 0. The molecule has 0 fully saturated rings. The Morgan fingerprint density at radius 2 is 1.27 bits per heavy atom. The Morgan fingerprint density at radius 3 is 1.45 bits per heavy atom. The number of hydrogen-bond acceptors (Lipinski definition) is 5. The molecule has 5 heteroatoms. The number of aliphatic hydroxyl groups excluding tert-OH is 2. The molecule has 0 amide bonds. The van der Waals surface area contributed by atoms with Crippen molar-refractivity contribution in [2.24, 2.45) is 0 Å². The van der Waals surface area contributed by atoms with E-state index in [1.165, 1.54) is 11.8 Å². The van der Waals surface area contributed by atoms with Crippen LogP contribution in [0.3, 0.4) is 0 Å². The number of hydrogen-bond donors (Lipinski definition) is 4. The lowest BCUT2D eigenvalue weighted by Gasteiger charge is -2.19. The van der Waals surface area contributed by atoms with Crippen LogP contribution in [0.2, 0.25) is 0 Å². The van der Waals surface area contributed by atoms with E-state index in [4.69, 9.17) is 10.2 Å². The van der Waals surface area contributed by atoms with Gasteiger partial charge >= 0.3 is 0 Å². The molecular weight excluding hydrogens is 200 g/mol. The lowest BCUT2D eigenvalue weighted by molar-refractivity contribution is 0.207. The second-order valence-corrected chi connectivity index (χ2v) is 5.50. The van der Waals surface area contributed by atoms with Gasteiger partial charge in [-0.15, -0.1) is 11.8 Å². The highest BCUT2D eigenvalue weighted by atomic mass is 32.2. The maximum atomic E-state index is 9.04. The Bertz CT molecular complexity index is 96.0. The van der Waals surface area contributed by atoms with Crippen molar-refractivity contribution in [3.05, 3.63) is 0 Å². The minimum Gasteiger partial charge on any atom is -0.391 e. The summed E-state index contributed by atoms with van der Waals surface area (Å²) in [6.07, 6.45) is -0.978. The highest BCUT2D eigenvalue weighted by molar-refractivity contribution is 8.17. The van der Waals surface area contributed by atoms with Crippen LogP contribution in [0.1, 0.15) is 13.8 Å². The fourth-order valence-corrected chi connectivity index (χ4v) is 2.19. The van der Waals surface area contributed by atoms with Crippen LogP contribution < -0.4 is 0 Å². The van der Waals surface area contributed by atoms with Gasteiger partial charge in [-0.1, -0.05) is 0 Å². The van der Waals surface area contributed by atoms with E-state index in [-0.39, 0.29) is 9.16 Å². The molecule has 0 aromatic carbocycles. The molecule has 4 unspecified atom stereocenters. The monoisotopic (exact) mass is 214 g/mol. The van der Waals surface area contributed by atoms with Crippen molar-refractivity contribution in [1.29, 1.82) is 0 Å². The van der Waals surface area contributed by atoms with Crippen molar-refractivity contribution in [3.63, 3.8) is 0 Å². The Morgan fingerprint density at radius 1 is 1.00 bits per heavy atom. The van der Waals surface area contributed by atoms with Crippen molar-refractivity contribution >= 4 is 37.0 Å². The highest BCUT2D eigenvalue weighted by Gasteiger charge is 2.18. The predicted molar refractivity (Wildman–Crippen MR) is 56.5 cm³/mol. The maximum Gasteiger partial charge on any atom is 0.0740 e. The third-order valence-corrected chi connectivity index (χ3v) is 4.04. The van der Waals surface area contributed by atoms with Gasteiger partial charge in [-0.25, -0.2) is 0 Å². The Hall–Kier alpha value is 0.970. The third-order valence-electron chi connectivity index (χ3n) is 1.10. The molecule has 2 N–H and O–H groups in total. The lowest BCUT2D eigenvalue weighted by atomic mass is 10.5. The van der Waals surface area contributed by atoms with E-state index >= 15 is 0 Å². The standard InChI is InChI=1S/C6H14O2S3/c1-3(7)5(9)11-6(10)4(2)8/h3-10H,1-2H3. The average Bonchev–Trinajstić information content (AvgIpc) is 1.87. The molecule has 0 heterocycles. The first-order valence-electron chi connectivity index (χ1n) is 3.33. The van der Waals surface area contributed by atoms with Gasteiger partial charge in [0.1, 0.15) is 0 Å². The summed E-state index contributed by atoms with van der Waals surface area (Å²) in [5.41, 5.74) is 0. The van der Waals surface area contributed by atoms with E-state index < -0.39 is 12.2 Å². The van der Waals surface area contributed by atoms with Crippen LogP contribution in [-0.4, -0.2) is 31.6 Å². The van der Waals surface area contributed by atoms with E-state index in [0.29, 0.717) is 0 Å². The van der Waals surface area contributed by atoms with Gasteiger partial charge in [0.25, 0.3) is 0 Å². The topological polar surface area (TPSA) is 40.5 Å². The fourth-order valence-electron chi connectivity index (χ4n) is 0.370. The fraction of sp³-hybridized carbons (Fsp3) is 1.00. The Kier molecular flexibility index (Phi) is 6.08. The summed E-state index contributed by atoms with van der Waals surface area (Å²) >= 11 is 9.57. The normalized spacial score (nSPS) is 22.4. The quantitative estimate of drug-likeness (QED) is 0.417. The number of aliphatic hydroxyl groups is 2. The Balaban J connectivity index is 3.66. The molecule has 0 aliphatic rings. The molecule has 0 bridgehead atoms. The third kappa shape index (κ3) is 5.25. The molecule has 0 rings (SSSR count). The van der Waals surface area contributed by atoms with E-state index in [0.717, 1.165) is 0 Å². The molecule has 11 heavy (non-hydrogen) atoms. The van der Waals surface area contributed by atoms with E-state index in [9.17, 15) is 0 Å². The first kappa shape index (κ1) is 12.0. The lowest BCUT2D eigenvalue weighted by Crippen LogP contribution is -2.20. The van der Waals surface area contributed by atoms with E-state index in [2.05, 4.69) is 25.3 Å². The maximum absolute atomic E-state index is 9.04. The molecule has 0 aromatic rings. The first-order valence-corrected chi connectivity index (χ1v) is 5.30. The molecule has 0 aliphatic heterocycles. The van der Waals surface area contributed by atoms with Crippen molar-refractivity contribution < 1.29 is 10.2 Å². The minimum absolute atomic E-state index is 0.188. The van der Waals surface area contributed by atoms with Crippen molar-refractivity contribution in [3.8, 4) is 0 Å². The molecule has 0 aliphatic carbocycles. The van der Waals surface area contributed by atoms with Gasteiger partial charge < -0.3 is 10.2 Å². The average molecular weight is 214 g/mol. The van der Waals surface area contributed by atoms with Crippen LogP contribution in [-0.2, 0) is 0 Å². The smallest absolute Gasteiger partial charge is 0.0740 e. The molecular formula is C6H14O2S3. The molecule has 0 saturated heterocycles. The van der Waals surface area contributed by atoms with Crippen LogP contribution in [0.25, 0.3) is 0 Å². The van der Waals surface area contributed by atoms with Gasteiger partial charge in [0.15, 0.2) is 0 Å². The number of thioether (sulfide) groups is 1. The van der Waals surface area contributed by atoms with Crippen molar-refractivity contribution in [2.45, 2.75) is 35.2 Å². The van der Waals surface area contributed by atoms with Crippen molar-refractivity contribution in [1.82, 2.24) is 0 Å². The van der Waals surface area contributed by atoms with Crippen LogP contribution >= 0.6 is 37.0 Å². The summed E-state index contributed by atoms with van der Waals surface area (Å²) in [6.45, 7) is 3.32. The summed E-state index contributed by atoms with van der Waals surface area (Å²) in [4.78, 5) is 0. The van der Waals surface area contributed by atoms with Crippen molar-refractivity contribution in [2.75, 3.05) is 0 Å². The predicted octanol–water partition coefficient (Wildman–Crippen LogP) is 0.993. The van der Waals surface area contributed by atoms with Gasteiger partial charge in [-0.05, 0) is 13.8 Å². The zero-order valence-corrected chi connectivity index (χ0v) is 9.11. The summed E-state index contributed by atoms with van der Waals surface area (Å²) in [5, 5.41) is 18.1. The van der Waals surface area contributed by atoms with E-state index in [1.54, 1.807) is 13.8 Å². The molecule has 0 radical (unpaired) electrons. The highest BCUT2D eigenvalue weighted by Crippen LogP contribution is 2.27.